The van der Waals surface area contributed by atoms with E-state index in [4.69, 9.17) is 0 Å². The van der Waals surface area contributed by atoms with Crippen LogP contribution >= 0.6 is 0 Å². The summed E-state index contributed by atoms with van der Waals surface area (Å²) < 4.78 is 2.30. The van der Waals surface area contributed by atoms with Gasteiger partial charge in [-0.3, -0.25) is 18.7 Å². The third kappa shape index (κ3) is 2.72. The van der Waals surface area contributed by atoms with E-state index in [1.807, 2.05) is 7.05 Å². The topological polar surface area (TPSA) is 76.3 Å². The van der Waals surface area contributed by atoms with Gasteiger partial charge >= 0.3 is 5.69 Å². The van der Waals surface area contributed by atoms with Crippen LogP contribution in [0.25, 0.3) is 0 Å². The predicted molar refractivity (Wildman–Crippen MR) is 81.7 cm³/mol. The molecule has 0 spiro atoms. The van der Waals surface area contributed by atoms with Gasteiger partial charge < -0.3 is 10.2 Å². The van der Waals surface area contributed by atoms with E-state index in [2.05, 4.69) is 5.32 Å². The van der Waals surface area contributed by atoms with Crippen molar-refractivity contribution in [2.45, 2.75) is 50.4 Å². The van der Waals surface area contributed by atoms with Crippen molar-refractivity contribution in [1.82, 2.24) is 19.4 Å². The average molecular weight is 306 g/mol. The van der Waals surface area contributed by atoms with Crippen molar-refractivity contribution in [3.8, 4) is 0 Å². The Morgan fingerprint density at radius 3 is 2.59 bits per heavy atom. The molecule has 1 aromatic heterocycles. The van der Waals surface area contributed by atoms with Crippen LogP contribution in [0.5, 0.6) is 0 Å². The van der Waals surface area contributed by atoms with Gasteiger partial charge in [0.05, 0.1) is 0 Å². The molecular formula is C15H22N4O3. The van der Waals surface area contributed by atoms with Crippen LogP contribution in [-0.2, 0) is 18.4 Å². The lowest BCUT2D eigenvalue weighted by molar-refractivity contribution is -0.133. The molecule has 0 aromatic carbocycles. The van der Waals surface area contributed by atoms with Crippen molar-refractivity contribution in [2.24, 2.45) is 7.05 Å². The second kappa shape index (κ2) is 5.72. The number of hydrogen-bond donors (Lipinski definition) is 1. The predicted octanol–water partition coefficient (Wildman–Crippen LogP) is -0.712. The molecule has 0 aliphatic carbocycles. The molecular weight excluding hydrogens is 284 g/mol. The molecule has 2 saturated heterocycles. The Bertz CT molecular complexity index is 681. The highest BCUT2D eigenvalue weighted by molar-refractivity contribution is 5.76. The Labute approximate surface area is 128 Å². The number of carbonyl (C=O) groups is 1. The SMILES string of the molecule is CN(C(=O)Cn1ccc(=O)n(C)c1=O)C1CC2CCC(C1)N2. The highest BCUT2D eigenvalue weighted by atomic mass is 16.2. The highest BCUT2D eigenvalue weighted by Gasteiger charge is 2.36. The molecule has 22 heavy (non-hydrogen) atoms. The van der Waals surface area contributed by atoms with Crippen molar-refractivity contribution in [3.63, 3.8) is 0 Å². The number of rotatable bonds is 3. The van der Waals surface area contributed by atoms with Crippen LogP contribution in [0.1, 0.15) is 25.7 Å². The molecule has 120 valence electrons. The molecule has 2 aliphatic rings. The van der Waals surface area contributed by atoms with E-state index in [1.165, 1.54) is 36.7 Å². The highest BCUT2D eigenvalue weighted by Crippen LogP contribution is 2.29. The van der Waals surface area contributed by atoms with E-state index in [-0.39, 0.29) is 24.1 Å². The maximum Gasteiger partial charge on any atom is 0.331 e. The van der Waals surface area contributed by atoms with Crippen LogP contribution in [0.15, 0.2) is 21.9 Å². The van der Waals surface area contributed by atoms with Crippen LogP contribution < -0.4 is 16.6 Å². The van der Waals surface area contributed by atoms with E-state index in [9.17, 15) is 14.4 Å². The molecule has 7 nitrogen and oxygen atoms in total. The first-order valence-electron chi connectivity index (χ1n) is 7.74. The number of likely N-dealkylation sites (N-methyl/N-ethyl adjacent to an activating group) is 1. The Kier molecular flexibility index (Phi) is 3.90. The molecule has 2 atom stereocenters. The second-order valence-corrected chi connectivity index (χ2v) is 6.39. The number of nitrogens with one attached hydrogen (secondary N) is 1. The third-order valence-electron chi connectivity index (χ3n) is 4.96. The summed E-state index contributed by atoms with van der Waals surface area (Å²) in [5.41, 5.74) is -0.823. The summed E-state index contributed by atoms with van der Waals surface area (Å²) in [6.45, 7) is -0.0251. The summed E-state index contributed by atoms with van der Waals surface area (Å²) in [5, 5.41) is 3.56. The molecule has 0 saturated carbocycles. The fourth-order valence-electron chi connectivity index (χ4n) is 3.54. The summed E-state index contributed by atoms with van der Waals surface area (Å²) in [7, 11) is 3.23. The summed E-state index contributed by atoms with van der Waals surface area (Å²) in [5.74, 6) is -0.0907. The molecule has 3 rings (SSSR count). The minimum Gasteiger partial charge on any atom is -0.341 e. The normalized spacial score (nSPS) is 26.9. The summed E-state index contributed by atoms with van der Waals surface area (Å²) in [4.78, 5) is 37.6. The first-order chi connectivity index (χ1) is 10.5. The lowest BCUT2D eigenvalue weighted by Gasteiger charge is -2.35. The lowest BCUT2D eigenvalue weighted by atomic mass is 9.98. The molecule has 7 heteroatoms. The van der Waals surface area contributed by atoms with Crippen LogP contribution in [0.2, 0.25) is 0 Å². The van der Waals surface area contributed by atoms with Crippen molar-refractivity contribution < 1.29 is 4.79 Å². The zero-order valence-corrected chi connectivity index (χ0v) is 13.0. The Morgan fingerprint density at radius 1 is 1.32 bits per heavy atom. The van der Waals surface area contributed by atoms with Gasteiger partial charge in [0.15, 0.2) is 0 Å². The van der Waals surface area contributed by atoms with E-state index < -0.39 is 5.69 Å². The molecule has 2 unspecified atom stereocenters. The third-order valence-corrected chi connectivity index (χ3v) is 4.96. The average Bonchev–Trinajstić information content (AvgIpc) is 2.85. The van der Waals surface area contributed by atoms with Crippen molar-refractivity contribution in [1.29, 1.82) is 0 Å². The zero-order valence-electron chi connectivity index (χ0n) is 13.0. The van der Waals surface area contributed by atoms with Gasteiger partial charge in [0, 0.05) is 44.5 Å². The van der Waals surface area contributed by atoms with Gasteiger partial charge in [-0.15, -0.1) is 0 Å². The van der Waals surface area contributed by atoms with Crippen molar-refractivity contribution >= 4 is 5.91 Å². The van der Waals surface area contributed by atoms with Crippen LogP contribution in [0.4, 0.5) is 0 Å². The van der Waals surface area contributed by atoms with E-state index >= 15 is 0 Å². The summed E-state index contributed by atoms with van der Waals surface area (Å²) in [6, 6.07) is 2.56. The minimum absolute atomic E-state index is 0.0251. The quantitative estimate of drug-likeness (QED) is 0.800. The van der Waals surface area contributed by atoms with Crippen LogP contribution in [0, 0.1) is 0 Å². The molecule has 0 radical (unpaired) electrons. The van der Waals surface area contributed by atoms with Gasteiger partial charge in [0.2, 0.25) is 5.91 Å². The van der Waals surface area contributed by atoms with E-state index in [1.54, 1.807) is 4.90 Å². The molecule has 2 aliphatic heterocycles. The molecule has 1 aromatic rings. The van der Waals surface area contributed by atoms with Gasteiger partial charge in [0.1, 0.15) is 6.54 Å². The standard InChI is InChI=1S/C15H22N4O3/c1-17(12-7-10-3-4-11(8-12)16-10)14(21)9-19-6-5-13(20)18(2)15(19)22/h5-6,10-12,16H,3-4,7-9H2,1-2H3. The Morgan fingerprint density at radius 2 is 1.95 bits per heavy atom. The first kappa shape index (κ1) is 15.0. The summed E-state index contributed by atoms with van der Waals surface area (Å²) in [6.07, 6.45) is 5.71. The van der Waals surface area contributed by atoms with E-state index in [0.717, 1.165) is 17.4 Å². The number of fused-ring (bicyclic) bond motifs is 2. The van der Waals surface area contributed by atoms with Gasteiger partial charge in [-0.05, 0) is 25.7 Å². The number of aromatic nitrogens is 2. The van der Waals surface area contributed by atoms with Crippen LogP contribution in [-0.4, -0.2) is 45.1 Å². The van der Waals surface area contributed by atoms with E-state index in [0.29, 0.717) is 12.1 Å². The maximum absolute atomic E-state index is 12.5. The molecule has 1 N–H and O–H groups in total. The fraction of sp³-hybridized carbons (Fsp3) is 0.667. The van der Waals surface area contributed by atoms with Gasteiger partial charge in [-0.2, -0.15) is 0 Å². The van der Waals surface area contributed by atoms with Crippen molar-refractivity contribution in [2.75, 3.05) is 7.05 Å². The number of carbonyl (C=O) groups excluding carboxylic acids is 1. The largest absolute Gasteiger partial charge is 0.341 e. The minimum atomic E-state index is -0.459. The molecule has 1 amide bonds. The molecule has 2 fully saturated rings. The zero-order chi connectivity index (χ0) is 15.9. The Hall–Kier alpha value is -1.89. The molecule has 3 heterocycles. The molecule has 2 bridgehead atoms. The number of nitrogens with zero attached hydrogens (tertiary/aromatic N) is 3. The van der Waals surface area contributed by atoms with Gasteiger partial charge in [-0.25, -0.2) is 4.79 Å². The summed E-state index contributed by atoms with van der Waals surface area (Å²) >= 11 is 0. The fourth-order valence-corrected chi connectivity index (χ4v) is 3.54. The Balaban J connectivity index is 1.70. The van der Waals surface area contributed by atoms with Crippen LogP contribution in [0.3, 0.4) is 0 Å². The van der Waals surface area contributed by atoms with Crippen molar-refractivity contribution in [3.05, 3.63) is 33.1 Å². The number of piperidine rings is 1. The second-order valence-electron chi connectivity index (χ2n) is 6.39. The van der Waals surface area contributed by atoms with Gasteiger partial charge in [0.25, 0.3) is 5.56 Å². The number of hydrogen-bond acceptors (Lipinski definition) is 4. The smallest absolute Gasteiger partial charge is 0.331 e. The maximum atomic E-state index is 12.5. The number of amides is 1. The monoisotopic (exact) mass is 306 g/mol. The first-order valence-corrected chi connectivity index (χ1v) is 7.74. The lowest BCUT2D eigenvalue weighted by Crippen LogP contribution is -2.50. The van der Waals surface area contributed by atoms with Gasteiger partial charge in [-0.1, -0.05) is 0 Å².